The zero-order chi connectivity index (χ0) is 49.8. The monoisotopic (exact) mass is 989 g/mol. The van der Waals surface area contributed by atoms with Crippen LogP contribution in [-0.4, -0.2) is 103 Å². The number of aliphatic hydroxyl groups is 1. The summed E-state index contributed by atoms with van der Waals surface area (Å²) in [7, 11) is -3.39. The summed E-state index contributed by atoms with van der Waals surface area (Å²) in [6.07, 6.45) is 9.22. The van der Waals surface area contributed by atoms with Crippen molar-refractivity contribution >= 4 is 55.6 Å². The van der Waals surface area contributed by atoms with Crippen LogP contribution in [0.3, 0.4) is 0 Å². The van der Waals surface area contributed by atoms with Gasteiger partial charge in [0.05, 0.1) is 60.8 Å². The number of halogens is 1. The molecule has 4 heterocycles. The molecule has 3 aromatic carbocycles. The Balaban J connectivity index is 0.897. The molecule has 374 valence electrons. The highest BCUT2D eigenvalue weighted by Gasteiger charge is 2.50. The molecule has 3 aliphatic carbocycles. The third-order valence-electron chi connectivity index (χ3n) is 15.5. The quantitative estimate of drug-likeness (QED) is 0.0655. The number of fused-ring (bicyclic) bond motifs is 2. The number of anilines is 2. The standard InChI is InChI=1S/C52H60FN9O8S/c1-30(2)34-7-5-6-8-35(34)41-28-69-20-19-62(41)33-25-52(26-33)15-17-61(18-16-52)32-9-10-36(42(21-32)70-43-22-37-38(53)23-39(54)45(37)58-50(43)68-4)49(63)60-71(66,67)44-24-40(59-65)46(48-47(44)56-29-57-48)55-27-31-11-13-51(3,64)14-12-31/h5-10,21-24,29-31,33,41,54-55,64H,11-20,25-28H2,1-4H3,(H,56,57)(H,60,63)/t31?,41-,51?/m0/s1. The summed E-state index contributed by atoms with van der Waals surface area (Å²) in [6.45, 7) is 10.5. The first-order valence-corrected chi connectivity index (χ1v) is 26.0. The predicted octanol–water partition coefficient (Wildman–Crippen LogP) is 9.27. The lowest BCUT2D eigenvalue weighted by Gasteiger charge is -2.57. The van der Waals surface area contributed by atoms with Crippen molar-refractivity contribution in [3.63, 3.8) is 0 Å². The van der Waals surface area contributed by atoms with E-state index in [9.17, 15) is 23.2 Å². The second-order valence-corrected chi connectivity index (χ2v) is 22.1. The highest BCUT2D eigenvalue weighted by atomic mass is 32.2. The van der Waals surface area contributed by atoms with Crippen LogP contribution in [0.5, 0.6) is 17.4 Å². The topological polar surface area (TPSA) is 225 Å². The van der Waals surface area contributed by atoms with E-state index in [4.69, 9.17) is 19.6 Å². The van der Waals surface area contributed by atoms with Gasteiger partial charge < -0.3 is 34.5 Å². The number of imidazole rings is 1. The van der Waals surface area contributed by atoms with Gasteiger partial charge in [-0.2, -0.15) is 0 Å². The summed E-state index contributed by atoms with van der Waals surface area (Å²) in [5.41, 5.74) is 2.94. The average molecular weight is 990 g/mol. The number of carbonyl (C=O) groups is 1. The minimum Gasteiger partial charge on any atom is -0.478 e. The maximum absolute atomic E-state index is 15.1. The van der Waals surface area contributed by atoms with Crippen molar-refractivity contribution in [2.45, 2.75) is 101 Å². The fourth-order valence-corrected chi connectivity index (χ4v) is 12.6. The molecule has 2 aliphatic heterocycles. The lowest BCUT2D eigenvalue weighted by atomic mass is 9.59. The van der Waals surface area contributed by atoms with Crippen LogP contribution >= 0.6 is 0 Å². The van der Waals surface area contributed by atoms with Gasteiger partial charge in [0.1, 0.15) is 33.4 Å². The number of H-pyrrole nitrogens is 1. The number of allylic oxidation sites excluding steroid dienone is 1. The Labute approximate surface area is 412 Å². The lowest BCUT2D eigenvalue weighted by molar-refractivity contribution is -0.0912. The maximum Gasteiger partial charge on any atom is 0.268 e. The van der Waals surface area contributed by atoms with Crippen LogP contribution in [0.15, 0.2) is 77.1 Å². The first kappa shape index (κ1) is 48.4. The Hall–Kier alpha value is -6.28. The van der Waals surface area contributed by atoms with E-state index >= 15 is 4.39 Å². The molecule has 0 bridgehead atoms. The van der Waals surface area contributed by atoms with Crippen LogP contribution in [0.1, 0.15) is 117 Å². The molecule has 1 spiro atoms. The first-order chi connectivity index (χ1) is 34.1. The molecule has 4 fully saturated rings. The Morgan fingerprint density at radius 2 is 1.83 bits per heavy atom. The van der Waals surface area contributed by atoms with Gasteiger partial charge in [0.25, 0.3) is 21.8 Å². The van der Waals surface area contributed by atoms with Gasteiger partial charge in [-0.3, -0.25) is 15.1 Å². The summed E-state index contributed by atoms with van der Waals surface area (Å²) in [6, 6.07) is 16.7. The molecule has 1 amide bonds. The molecule has 5 aliphatic rings. The molecule has 1 atom stereocenters. The van der Waals surface area contributed by atoms with E-state index in [2.05, 4.69) is 78.1 Å². The van der Waals surface area contributed by atoms with Crippen LogP contribution in [0.25, 0.3) is 16.9 Å². The van der Waals surface area contributed by atoms with E-state index < -0.39 is 32.3 Å². The lowest BCUT2D eigenvalue weighted by Crippen LogP contribution is -2.58. The van der Waals surface area contributed by atoms with E-state index in [0.717, 1.165) is 82.6 Å². The van der Waals surface area contributed by atoms with E-state index in [1.165, 1.54) is 36.7 Å². The molecule has 5 aromatic rings. The second kappa shape index (κ2) is 19.0. The van der Waals surface area contributed by atoms with Crippen molar-refractivity contribution in [3.05, 3.63) is 99.9 Å². The number of nitroso groups, excluding NO2 is 1. The van der Waals surface area contributed by atoms with E-state index in [1.807, 2.05) is 6.92 Å². The van der Waals surface area contributed by atoms with Crippen molar-refractivity contribution in [1.29, 1.82) is 5.41 Å². The number of piperidine rings is 1. The van der Waals surface area contributed by atoms with Crippen LogP contribution in [0.4, 0.5) is 21.5 Å². The minimum atomic E-state index is -4.73. The molecule has 0 radical (unpaired) electrons. The normalized spacial score (nSPS) is 22.5. The van der Waals surface area contributed by atoms with Gasteiger partial charge in [-0.1, -0.05) is 38.1 Å². The number of hydrogen-bond donors (Lipinski definition) is 5. The molecule has 71 heavy (non-hydrogen) atoms. The van der Waals surface area contributed by atoms with Crippen LogP contribution in [-0.2, 0) is 14.8 Å². The smallest absolute Gasteiger partial charge is 0.268 e. The molecule has 17 nitrogen and oxygen atoms in total. The SMILES string of the molecule is COc1nc2c(cc1Oc1cc(N3CCC4(CC3)CC(N3CCOC[C@H]3c3ccccc3C(C)C)C4)ccc1C(=O)NS(=O)(=O)c1cc(N=O)c(NCC3CCC(C)(O)CC3)c3[nH]cnc13)C(F)=CC2=N. The van der Waals surface area contributed by atoms with Gasteiger partial charge in [-0.15, -0.1) is 4.91 Å². The molecule has 2 aromatic heterocycles. The number of nitrogens with zero attached hydrogens (tertiary/aromatic N) is 5. The highest BCUT2D eigenvalue weighted by molar-refractivity contribution is 7.90. The number of rotatable bonds is 14. The molecular formula is C52H60FN9O8S. The minimum absolute atomic E-state index is 0.00984. The van der Waals surface area contributed by atoms with Gasteiger partial charge in [0, 0.05) is 55.6 Å². The molecule has 2 saturated heterocycles. The molecule has 0 unspecified atom stereocenters. The van der Waals surface area contributed by atoms with Crippen molar-refractivity contribution < 1.29 is 36.9 Å². The van der Waals surface area contributed by atoms with Gasteiger partial charge in [-0.25, -0.2) is 27.5 Å². The summed E-state index contributed by atoms with van der Waals surface area (Å²) >= 11 is 0. The van der Waals surface area contributed by atoms with Crippen molar-refractivity contribution in [2.24, 2.45) is 16.5 Å². The maximum atomic E-state index is 15.1. The highest BCUT2D eigenvalue weighted by Crippen LogP contribution is 2.53. The summed E-state index contributed by atoms with van der Waals surface area (Å²) in [5.74, 6) is -1.32. The van der Waals surface area contributed by atoms with Crippen LogP contribution in [0.2, 0.25) is 0 Å². The molecule has 19 heteroatoms. The Morgan fingerprint density at radius 3 is 2.56 bits per heavy atom. The molecule has 10 rings (SSSR count). The number of amides is 1. The summed E-state index contributed by atoms with van der Waals surface area (Å²) in [4.78, 5) is 42.6. The van der Waals surface area contributed by atoms with Gasteiger partial charge in [0.15, 0.2) is 5.75 Å². The number of ether oxygens (including phenoxy) is 3. The number of carbonyl (C=O) groups excluding carboxylic acids is 1. The number of morpholine rings is 1. The van der Waals surface area contributed by atoms with Gasteiger partial charge in [-0.05, 0) is 116 Å². The largest absolute Gasteiger partial charge is 0.478 e. The number of hydrogen-bond acceptors (Lipinski definition) is 15. The number of nitrogens with one attached hydrogen (secondary N) is 4. The third kappa shape index (κ3) is 9.40. The number of sulfonamides is 1. The zero-order valence-corrected chi connectivity index (χ0v) is 41.2. The number of benzene rings is 3. The fraction of sp³-hybridized carbons (Fsp3) is 0.462. The van der Waals surface area contributed by atoms with Crippen molar-refractivity contribution in [1.82, 2.24) is 24.6 Å². The van der Waals surface area contributed by atoms with Crippen LogP contribution in [0, 0.1) is 21.6 Å². The van der Waals surface area contributed by atoms with Gasteiger partial charge >= 0.3 is 0 Å². The second-order valence-electron chi connectivity index (χ2n) is 20.5. The molecule has 5 N–H and O–H groups in total. The molecular weight excluding hydrogens is 930 g/mol. The predicted molar refractivity (Wildman–Crippen MR) is 268 cm³/mol. The van der Waals surface area contributed by atoms with Gasteiger partial charge in [0.2, 0.25) is 0 Å². The number of methoxy groups -OCH3 is 1. The van der Waals surface area contributed by atoms with E-state index in [0.29, 0.717) is 38.0 Å². The van der Waals surface area contributed by atoms with Crippen molar-refractivity contribution in [3.8, 4) is 17.4 Å². The Kier molecular flexibility index (Phi) is 13.0. The van der Waals surface area contributed by atoms with Crippen LogP contribution < -0.4 is 24.4 Å². The van der Waals surface area contributed by atoms with Crippen molar-refractivity contribution in [2.75, 3.05) is 56.7 Å². The first-order valence-electron chi connectivity index (χ1n) is 24.5. The fourth-order valence-electron chi connectivity index (χ4n) is 11.4. The summed E-state index contributed by atoms with van der Waals surface area (Å²) < 4.78 is 63.7. The number of pyridine rings is 1. The number of aromatic amines is 1. The summed E-state index contributed by atoms with van der Waals surface area (Å²) in [5, 5.41) is 25.0. The number of aromatic nitrogens is 3. The Bertz CT molecular complexity index is 3040. The average Bonchev–Trinajstić information content (AvgIpc) is 3.95. The third-order valence-corrected chi connectivity index (χ3v) is 16.9. The van der Waals surface area contributed by atoms with E-state index in [-0.39, 0.29) is 79.7 Å². The Morgan fingerprint density at radius 1 is 1.07 bits per heavy atom. The van der Waals surface area contributed by atoms with E-state index in [1.54, 1.807) is 12.1 Å². The zero-order valence-electron chi connectivity index (χ0n) is 40.4. The molecule has 2 saturated carbocycles.